The molecule has 1 aliphatic heterocycles. The molecule has 1 saturated heterocycles. The fourth-order valence-electron chi connectivity index (χ4n) is 2.73. The van der Waals surface area contributed by atoms with Gasteiger partial charge in [-0.2, -0.15) is 0 Å². The second-order valence-electron chi connectivity index (χ2n) is 6.24. The van der Waals surface area contributed by atoms with E-state index in [1.165, 1.54) is 28.2 Å². The number of nitrogens with zero attached hydrogens (tertiary/aromatic N) is 1. The fraction of sp³-hybridized carbons (Fsp3) is 0.714. The van der Waals surface area contributed by atoms with Crippen molar-refractivity contribution < 1.29 is 0 Å². The van der Waals surface area contributed by atoms with Crippen LogP contribution in [-0.2, 0) is 0 Å². The highest BCUT2D eigenvalue weighted by molar-refractivity contribution is 9.11. The van der Waals surface area contributed by atoms with Gasteiger partial charge >= 0.3 is 0 Å². The lowest BCUT2D eigenvalue weighted by atomic mass is 9.80. The predicted molar refractivity (Wildman–Crippen MR) is 82.9 cm³/mol. The fourth-order valence-corrected chi connectivity index (χ4v) is 4.30. The zero-order valence-corrected chi connectivity index (χ0v) is 13.9. The monoisotopic (exact) mass is 330 g/mol. The molecule has 0 amide bonds. The number of hydrogen-bond acceptors (Lipinski definition) is 3. The summed E-state index contributed by atoms with van der Waals surface area (Å²) in [4.78, 5) is 3.95. The maximum atomic E-state index is 6.00. The van der Waals surface area contributed by atoms with E-state index >= 15 is 0 Å². The molecular formula is C14H23BrN2S. The number of thiophene rings is 1. The summed E-state index contributed by atoms with van der Waals surface area (Å²) in [5.74, 6) is 0.787. The van der Waals surface area contributed by atoms with Crippen molar-refractivity contribution in [3.05, 3.63) is 20.8 Å². The highest BCUT2D eigenvalue weighted by Gasteiger charge is 2.35. The summed E-state index contributed by atoms with van der Waals surface area (Å²) in [5.41, 5.74) is 6.40. The minimum atomic E-state index is 0.397. The molecule has 0 saturated carbocycles. The van der Waals surface area contributed by atoms with Crippen molar-refractivity contribution in [2.45, 2.75) is 33.2 Å². The van der Waals surface area contributed by atoms with Gasteiger partial charge in [-0.25, -0.2) is 0 Å². The lowest BCUT2D eigenvalue weighted by Gasteiger charge is -2.30. The van der Waals surface area contributed by atoms with E-state index in [9.17, 15) is 0 Å². The summed E-state index contributed by atoms with van der Waals surface area (Å²) < 4.78 is 1.20. The molecule has 2 atom stereocenters. The van der Waals surface area contributed by atoms with Crippen molar-refractivity contribution in [2.75, 3.05) is 19.6 Å². The van der Waals surface area contributed by atoms with Crippen LogP contribution >= 0.6 is 27.3 Å². The average Bonchev–Trinajstić information content (AvgIpc) is 2.88. The van der Waals surface area contributed by atoms with Gasteiger partial charge in [-0.1, -0.05) is 20.8 Å². The standard InChI is InChI=1S/C14H23BrN2S/c1-14(2,3)10-6-7-17(9-10)11(8-16)12-4-5-13(15)18-12/h4-5,10-11H,6-9,16H2,1-3H3. The molecule has 1 aromatic heterocycles. The molecule has 0 bridgehead atoms. The Balaban J connectivity index is 2.07. The van der Waals surface area contributed by atoms with E-state index in [4.69, 9.17) is 5.73 Å². The Morgan fingerprint density at radius 1 is 1.50 bits per heavy atom. The van der Waals surface area contributed by atoms with Crippen LogP contribution in [0.2, 0.25) is 0 Å². The van der Waals surface area contributed by atoms with Crippen molar-refractivity contribution in [1.82, 2.24) is 4.90 Å². The van der Waals surface area contributed by atoms with Gasteiger partial charge in [-0.3, -0.25) is 4.90 Å². The molecule has 2 unspecified atom stereocenters. The maximum Gasteiger partial charge on any atom is 0.0702 e. The molecule has 1 aromatic rings. The molecule has 2 heterocycles. The number of hydrogen-bond donors (Lipinski definition) is 1. The van der Waals surface area contributed by atoms with Crippen LogP contribution in [0, 0.1) is 11.3 Å². The smallest absolute Gasteiger partial charge is 0.0702 e. The summed E-state index contributed by atoms with van der Waals surface area (Å²) >= 11 is 5.35. The van der Waals surface area contributed by atoms with E-state index in [1.807, 2.05) is 11.3 Å². The van der Waals surface area contributed by atoms with Crippen molar-refractivity contribution >= 4 is 27.3 Å². The third-order valence-corrected chi connectivity index (χ3v) is 5.76. The maximum absolute atomic E-state index is 6.00. The van der Waals surface area contributed by atoms with Gasteiger partial charge in [0.15, 0.2) is 0 Å². The topological polar surface area (TPSA) is 29.3 Å². The summed E-state index contributed by atoms with van der Waals surface area (Å²) in [7, 11) is 0. The van der Waals surface area contributed by atoms with Crippen LogP contribution in [0.3, 0.4) is 0 Å². The molecule has 18 heavy (non-hydrogen) atoms. The molecule has 2 rings (SSSR count). The normalized spacial score (nSPS) is 23.5. The Kier molecular flexibility index (Phi) is 4.52. The van der Waals surface area contributed by atoms with Gasteiger partial charge in [0.05, 0.1) is 9.83 Å². The van der Waals surface area contributed by atoms with E-state index in [0.717, 1.165) is 5.92 Å². The zero-order valence-electron chi connectivity index (χ0n) is 11.4. The van der Waals surface area contributed by atoms with Gasteiger partial charge in [-0.05, 0) is 52.4 Å². The molecule has 0 aliphatic carbocycles. The van der Waals surface area contributed by atoms with Crippen molar-refractivity contribution in [2.24, 2.45) is 17.1 Å². The largest absolute Gasteiger partial charge is 0.329 e. The van der Waals surface area contributed by atoms with Crippen LogP contribution in [0.1, 0.15) is 38.1 Å². The van der Waals surface area contributed by atoms with Gasteiger partial charge in [0.2, 0.25) is 0 Å². The minimum absolute atomic E-state index is 0.397. The van der Waals surface area contributed by atoms with Crippen LogP contribution in [0.4, 0.5) is 0 Å². The Morgan fingerprint density at radius 2 is 2.22 bits per heavy atom. The molecule has 0 aromatic carbocycles. The molecule has 2 N–H and O–H groups in total. The van der Waals surface area contributed by atoms with Gasteiger partial charge in [0, 0.05) is 18.0 Å². The first-order valence-electron chi connectivity index (χ1n) is 6.61. The number of halogens is 1. The first-order valence-corrected chi connectivity index (χ1v) is 8.22. The first-order chi connectivity index (χ1) is 8.41. The Hall–Kier alpha value is 0.1000. The summed E-state index contributed by atoms with van der Waals surface area (Å²) in [6, 6.07) is 4.73. The van der Waals surface area contributed by atoms with E-state index < -0.39 is 0 Å². The summed E-state index contributed by atoms with van der Waals surface area (Å²) in [6.07, 6.45) is 1.30. The Morgan fingerprint density at radius 3 is 2.67 bits per heavy atom. The van der Waals surface area contributed by atoms with E-state index in [2.05, 4.69) is 53.7 Å². The number of rotatable bonds is 3. The van der Waals surface area contributed by atoms with E-state index in [-0.39, 0.29) is 0 Å². The second kappa shape index (κ2) is 5.61. The predicted octanol–water partition coefficient (Wildman–Crippen LogP) is 3.88. The molecule has 102 valence electrons. The molecule has 4 heteroatoms. The van der Waals surface area contributed by atoms with Crippen molar-refractivity contribution in [1.29, 1.82) is 0 Å². The Labute approximate surface area is 123 Å². The van der Waals surface area contributed by atoms with Gasteiger partial charge in [0.25, 0.3) is 0 Å². The first kappa shape index (κ1) is 14.5. The number of nitrogens with two attached hydrogens (primary N) is 1. The van der Waals surface area contributed by atoms with Gasteiger partial charge in [0.1, 0.15) is 0 Å². The minimum Gasteiger partial charge on any atom is -0.329 e. The summed E-state index contributed by atoms with van der Waals surface area (Å²) in [5, 5.41) is 0. The van der Waals surface area contributed by atoms with Gasteiger partial charge in [-0.15, -0.1) is 11.3 Å². The third kappa shape index (κ3) is 3.16. The van der Waals surface area contributed by atoms with Crippen LogP contribution in [-0.4, -0.2) is 24.5 Å². The molecule has 1 fully saturated rings. The van der Waals surface area contributed by atoms with Gasteiger partial charge < -0.3 is 5.73 Å². The van der Waals surface area contributed by atoms with E-state index in [1.54, 1.807) is 0 Å². The molecule has 2 nitrogen and oxygen atoms in total. The molecular weight excluding hydrogens is 308 g/mol. The van der Waals surface area contributed by atoms with E-state index in [0.29, 0.717) is 18.0 Å². The lowest BCUT2D eigenvalue weighted by Crippen LogP contribution is -2.33. The molecule has 0 radical (unpaired) electrons. The van der Waals surface area contributed by atoms with Crippen LogP contribution < -0.4 is 5.73 Å². The van der Waals surface area contributed by atoms with Crippen LogP contribution in [0.25, 0.3) is 0 Å². The highest BCUT2D eigenvalue weighted by Crippen LogP contribution is 2.38. The molecule has 1 aliphatic rings. The SMILES string of the molecule is CC(C)(C)C1CCN(C(CN)c2ccc(Br)s2)C1. The summed E-state index contributed by atoms with van der Waals surface area (Å²) in [6.45, 7) is 10.1. The quantitative estimate of drug-likeness (QED) is 0.911. The third-order valence-electron chi connectivity index (χ3n) is 4.03. The average molecular weight is 331 g/mol. The van der Waals surface area contributed by atoms with Crippen LogP contribution in [0.15, 0.2) is 15.9 Å². The van der Waals surface area contributed by atoms with Crippen molar-refractivity contribution in [3.63, 3.8) is 0 Å². The van der Waals surface area contributed by atoms with Crippen LogP contribution in [0.5, 0.6) is 0 Å². The highest BCUT2D eigenvalue weighted by atomic mass is 79.9. The number of likely N-dealkylation sites (tertiary alicyclic amines) is 1. The zero-order chi connectivity index (χ0) is 13.3. The Bertz CT molecular complexity index is 397. The lowest BCUT2D eigenvalue weighted by molar-refractivity contribution is 0.199. The second-order valence-corrected chi connectivity index (χ2v) is 8.73. The van der Waals surface area contributed by atoms with Crippen molar-refractivity contribution in [3.8, 4) is 0 Å². The molecule has 0 spiro atoms.